The highest BCUT2D eigenvalue weighted by molar-refractivity contribution is 5.83. The van der Waals surface area contributed by atoms with Crippen molar-refractivity contribution in [3.05, 3.63) is 59.2 Å². The first-order valence-corrected chi connectivity index (χ1v) is 9.49. The van der Waals surface area contributed by atoms with Gasteiger partial charge in [-0.3, -0.25) is 9.88 Å². The van der Waals surface area contributed by atoms with E-state index in [9.17, 15) is 0 Å². The van der Waals surface area contributed by atoms with E-state index in [0.717, 1.165) is 24.3 Å². The number of aryl methyl sites for hydroxylation is 1. The van der Waals surface area contributed by atoms with Crippen molar-refractivity contribution < 1.29 is 4.39 Å². The highest BCUT2D eigenvalue weighted by Crippen LogP contribution is 2.43. The summed E-state index contributed by atoms with van der Waals surface area (Å²) in [6, 6.07) is 8.35. The van der Waals surface area contributed by atoms with Crippen LogP contribution < -0.4 is 0 Å². The molecule has 0 aromatic carbocycles. The topological polar surface area (TPSA) is 34.0 Å². The molecule has 1 fully saturated rings. The van der Waals surface area contributed by atoms with Crippen LogP contribution in [0.1, 0.15) is 47.6 Å². The third kappa shape index (κ3) is 2.45. The fraction of sp³-hybridized carbons (Fsp3) is 0.429. The standard InChI is InChI=1S/C21H23FN4/c1-14-6-7-15(12-24-14)17(22)13-26-19-8-11-25-10-3-5-18(25)20(19)16-4-2-9-23-21(16)26/h2,4,6-7,9,12,17-18H,3,5,8,10-11,13H2,1H3. The normalized spacial score (nSPS) is 20.9. The first kappa shape index (κ1) is 15.9. The molecule has 3 aromatic rings. The zero-order valence-corrected chi connectivity index (χ0v) is 15.0. The molecule has 0 spiro atoms. The Morgan fingerprint density at radius 1 is 1.23 bits per heavy atom. The monoisotopic (exact) mass is 350 g/mol. The number of pyridine rings is 2. The summed E-state index contributed by atoms with van der Waals surface area (Å²) in [4.78, 5) is 11.5. The van der Waals surface area contributed by atoms with Gasteiger partial charge >= 0.3 is 0 Å². The Hall–Kier alpha value is -2.27. The summed E-state index contributed by atoms with van der Waals surface area (Å²) in [6.07, 6.45) is 5.81. The minimum absolute atomic E-state index is 0.306. The van der Waals surface area contributed by atoms with Gasteiger partial charge in [0.05, 0.1) is 6.54 Å². The summed E-state index contributed by atoms with van der Waals surface area (Å²) < 4.78 is 17.2. The lowest BCUT2D eigenvalue weighted by Gasteiger charge is -2.31. The molecular formula is C21H23FN4. The maximum Gasteiger partial charge on any atom is 0.144 e. The lowest BCUT2D eigenvalue weighted by Crippen LogP contribution is -2.31. The summed E-state index contributed by atoms with van der Waals surface area (Å²) in [6.45, 7) is 4.47. The molecule has 0 radical (unpaired) electrons. The Labute approximate surface area is 152 Å². The van der Waals surface area contributed by atoms with Crippen molar-refractivity contribution in [1.29, 1.82) is 0 Å². The molecule has 5 rings (SSSR count). The minimum atomic E-state index is -1.08. The van der Waals surface area contributed by atoms with Crippen LogP contribution in [0.25, 0.3) is 11.0 Å². The second kappa shape index (κ2) is 6.16. The van der Waals surface area contributed by atoms with Crippen molar-refractivity contribution in [1.82, 2.24) is 19.4 Å². The van der Waals surface area contributed by atoms with E-state index in [0.29, 0.717) is 18.2 Å². The van der Waals surface area contributed by atoms with Crippen LogP contribution in [0, 0.1) is 6.92 Å². The number of nitrogens with zero attached hydrogens (tertiary/aromatic N) is 4. The lowest BCUT2D eigenvalue weighted by molar-refractivity contribution is 0.237. The zero-order chi connectivity index (χ0) is 17.7. The predicted molar refractivity (Wildman–Crippen MR) is 99.8 cm³/mol. The van der Waals surface area contributed by atoms with Crippen LogP contribution in [0.15, 0.2) is 36.7 Å². The van der Waals surface area contributed by atoms with E-state index < -0.39 is 6.17 Å². The summed E-state index contributed by atoms with van der Waals surface area (Å²) in [5.74, 6) is 0. The van der Waals surface area contributed by atoms with Crippen LogP contribution in [0.2, 0.25) is 0 Å². The Balaban J connectivity index is 1.59. The van der Waals surface area contributed by atoms with Gasteiger partial charge in [-0.25, -0.2) is 9.37 Å². The highest BCUT2D eigenvalue weighted by atomic mass is 19.1. The Morgan fingerprint density at radius 3 is 3.00 bits per heavy atom. The van der Waals surface area contributed by atoms with Gasteiger partial charge in [-0.15, -0.1) is 0 Å². The van der Waals surface area contributed by atoms with E-state index in [2.05, 4.69) is 25.5 Å². The molecule has 0 amide bonds. The fourth-order valence-corrected chi connectivity index (χ4v) is 4.69. The fourth-order valence-electron chi connectivity index (χ4n) is 4.69. The summed E-state index contributed by atoms with van der Waals surface area (Å²) >= 11 is 0. The average Bonchev–Trinajstić information content (AvgIpc) is 3.25. The van der Waals surface area contributed by atoms with Crippen LogP contribution in [0.4, 0.5) is 4.39 Å². The second-order valence-corrected chi connectivity index (χ2v) is 7.49. The minimum Gasteiger partial charge on any atom is -0.326 e. The van der Waals surface area contributed by atoms with Crippen molar-refractivity contribution in [2.24, 2.45) is 0 Å². The van der Waals surface area contributed by atoms with Gasteiger partial charge in [-0.05, 0) is 50.1 Å². The van der Waals surface area contributed by atoms with Crippen molar-refractivity contribution in [3.8, 4) is 0 Å². The Kier molecular flexibility index (Phi) is 3.78. The van der Waals surface area contributed by atoms with Gasteiger partial charge in [0.1, 0.15) is 11.8 Å². The van der Waals surface area contributed by atoms with E-state index in [4.69, 9.17) is 0 Å². The number of hydrogen-bond acceptors (Lipinski definition) is 3. The van der Waals surface area contributed by atoms with Crippen LogP contribution in [0.5, 0.6) is 0 Å². The van der Waals surface area contributed by atoms with Gasteiger partial charge in [0.25, 0.3) is 0 Å². The maximum atomic E-state index is 15.1. The largest absolute Gasteiger partial charge is 0.326 e. The molecule has 134 valence electrons. The second-order valence-electron chi connectivity index (χ2n) is 7.49. The maximum absolute atomic E-state index is 15.1. The molecular weight excluding hydrogens is 327 g/mol. The average molecular weight is 350 g/mol. The molecule has 5 heterocycles. The summed E-state index contributed by atoms with van der Waals surface area (Å²) in [5, 5.41) is 1.20. The van der Waals surface area contributed by atoms with Gasteiger partial charge in [-0.2, -0.15) is 0 Å². The van der Waals surface area contributed by atoms with Crippen LogP contribution in [0.3, 0.4) is 0 Å². The van der Waals surface area contributed by atoms with E-state index in [1.165, 1.54) is 36.0 Å². The van der Waals surface area contributed by atoms with Gasteiger partial charge < -0.3 is 4.57 Å². The van der Waals surface area contributed by atoms with E-state index in [1.54, 1.807) is 6.20 Å². The number of aromatic nitrogens is 3. The quantitative estimate of drug-likeness (QED) is 0.712. The summed E-state index contributed by atoms with van der Waals surface area (Å²) in [5.41, 5.74) is 5.15. The van der Waals surface area contributed by atoms with Crippen molar-refractivity contribution >= 4 is 11.0 Å². The third-order valence-electron chi connectivity index (χ3n) is 5.94. The van der Waals surface area contributed by atoms with E-state index in [-0.39, 0.29) is 0 Å². The Morgan fingerprint density at radius 2 is 2.15 bits per heavy atom. The molecule has 2 aliphatic heterocycles. The van der Waals surface area contributed by atoms with Crippen molar-refractivity contribution in [3.63, 3.8) is 0 Å². The number of hydrogen-bond donors (Lipinski definition) is 0. The molecule has 3 aromatic heterocycles. The number of fused-ring (bicyclic) bond motifs is 5. The highest BCUT2D eigenvalue weighted by Gasteiger charge is 2.35. The zero-order valence-electron chi connectivity index (χ0n) is 15.0. The van der Waals surface area contributed by atoms with Crippen LogP contribution in [-0.2, 0) is 13.0 Å². The van der Waals surface area contributed by atoms with Crippen LogP contribution in [-0.4, -0.2) is 32.5 Å². The third-order valence-corrected chi connectivity index (χ3v) is 5.94. The first-order chi connectivity index (χ1) is 12.7. The van der Waals surface area contributed by atoms with Gasteiger partial charge in [0.2, 0.25) is 0 Å². The van der Waals surface area contributed by atoms with Crippen LogP contribution >= 0.6 is 0 Å². The molecule has 5 heteroatoms. The molecule has 26 heavy (non-hydrogen) atoms. The van der Waals surface area contributed by atoms with Crippen molar-refractivity contribution in [2.75, 3.05) is 13.1 Å². The summed E-state index contributed by atoms with van der Waals surface area (Å²) in [7, 11) is 0. The smallest absolute Gasteiger partial charge is 0.144 e. The number of alkyl halides is 1. The molecule has 2 atom stereocenters. The molecule has 0 bridgehead atoms. The van der Waals surface area contributed by atoms with Crippen molar-refractivity contribution in [2.45, 2.75) is 44.9 Å². The van der Waals surface area contributed by atoms with Gasteiger partial charge in [0.15, 0.2) is 0 Å². The van der Waals surface area contributed by atoms with E-state index >= 15 is 4.39 Å². The molecule has 0 aliphatic carbocycles. The lowest BCUT2D eigenvalue weighted by atomic mass is 9.96. The molecule has 2 unspecified atom stereocenters. The van der Waals surface area contributed by atoms with Gasteiger partial charge in [-0.1, -0.05) is 6.07 Å². The molecule has 1 saturated heterocycles. The Bertz CT molecular complexity index is 947. The number of rotatable bonds is 3. The molecule has 4 nitrogen and oxygen atoms in total. The first-order valence-electron chi connectivity index (χ1n) is 9.49. The molecule has 0 saturated carbocycles. The van der Waals surface area contributed by atoms with Gasteiger partial charge in [0, 0.05) is 53.7 Å². The molecule has 0 N–H and O–H groups in total. The SMILES string of the molecule is Cc1ccc(C(F)Cn2c3c(c4cccnc42)C2CCCN2CC3)cn1. The predicted octanol–water partition coefficient (Wildman–Crippen LogP) is 4.14. The van der Waals surface area contributed by atoms with E-state index in [1.807, 2.05) is 31.3 Å². The molecule has 2 aliphatic rings. The number of halogens is 1.